The molecule has 1 saturated heterocycles. The van der Waals surface area contributed by atoms with Gasteiger partial charge in [0.15, 0.2) is 0 Å². The van der Waals surface area contributed by atoms with Crippen LogP contribution in [0.3, 0.4) is 0 Å². The van der Waals surface area contributed by atoms with Gasteiger partial charge in [-0.15, -0.1) is 0 Å². The van der Waals surface area contributed by atoms with E-state index in [4.69, 9.17) is 4.74 Å². The molecular weight excluding hydrogens is 284 g/mol. The third kappa shape index (κ3) is 2.77. The zero-order chi connectivity index (χ0) is 15.7. The van der Waals surface area contributed by atoms with E-state index < -0.39 is 11.9 Å². The highest BCUT2D eigenvalue weighted by molar-refractivity contribution is 5.97. The van der Waals surface area contributed by atoms with Crippen molar-refractivity contribution >= 4 is 11.9 Å². The lowest BCUT2D eigenvalue weighted by molar-refractivity contribution is -0.142. The molecule has 0 bridgehead atoms. The molecule has 6 nitrogen and oxygen atoms in total. The molecule has 1 aliphatic heterocycles. The molecule has 0 radical (unpaired) electrons. The number of rotatable bonds is 5. The first-order chi connectivity index (χ1) is 10.6. The van der Waals surface area contributed by atoms with E-state index in [-0.39, 0.29) is 18.4 Å². The first-order valence-electron chi connectivity index (χ1n) is 7.71. The summed E-state index contributed by atoms with van der Waals surface area (Å²) < 4.78 is 5.40. The van der Waals surface area contributed by atoms with Gasteiger partial charge in [0, 0.05) is 19.3 Å². The number of pyridine rings is 1. The maximum atomic E-state index is 12.7. The Bertz CT molecular complexity index is 585. The molecule has 22 heavy (non-hydrogen) atoms. The van der Waals surface area contributed by atoms with E-state index in [2.05, 4.69) is 4.98 Å². The van der Waals surface area contributed by atoms with Crippen molar-refractivity contribution in [3.05, 3.63) is 23.9 Å². The number of aromatic nitrogens is 1. The molecule has 1 aromatic heterocycles. The molecule has 1 saturated carbocycles. The minimum Gasteiger partial charge on any atom is -0.481 e. The van der Waals surface area contributed by atoms with Crippen molar-refractivity contribution in [2.45, 2.75) is 19.8 Å². The lowest BCUT2D eigenvalue weighted by Crippen LogP contribution is -2.30. The van der Waals surface area contributed by atoms with Crippen LogP contribution in [0.2, 0.25) is 0 Å². The highest BCUT2D eigenvalue weighted by Gasteiger charge is 2.47. The van der Waals surface area contributed by atoms with Crippen LogP contribution in [0.1, 0.15) is 30.1 Å². The molecule has 1 amide bonds. The summed E-state index contributed by atoms with van der Waals surface area (Å²) in [6, 6.07) is 3.37. The van der Waals surface area contributed by atoms with Gasteiger partial charge in [0.1, 0.15) is 5.56 Å². The average Bonchev–Trinajstić information content (AvgIpc) is 3.25. The standard InChI is InChI=1S/C16H20N2O4/c1-2-22-14-11(4-3-7-17-14)15(19)18-8-12(10-5-6-10)13(9-18)16(20)21/h3-4,7,10,12-13H,2,5-6,8-9H2,1H3,(H,20,21)/t12-,13+/m1/s1. The fourth-order valence-corrected chi connectivity index (χ4v) is 3.23. The average molecular weight is 304 g/mol. The van der Waals surface area contributed by atoms with Crippen molar-refractivity contribution < 1.29 is 19.4 Å². The zero-order valence-electron chi connectivity index (χ0n) is 12.6. The Morgan fingerprint density at radius 3 is 2.82 bits per heavy atom. The summed E-state index contributed by atoms with van der Waals surface area (Å²) in [5.41, 5.74) is 0.407. The monoisotopic (exact) mass is 304 g/mol. The van der Waals surface area contributed by atoms with E-state index in [1.165, 1.54) is 0 Å². The van der Waals surface area contributed by atoms with Crippen LogP contribution in [0.4, 0.5) is 0 Å². The molecule has 1 N–H and O–H groups in total. The Morgan fingerprint density at radius 2 is 2.18 bits per heavy atom. The maximum Gasteiger partial charge on any atom is 0.308 e. The third-order valence-corrected chi connectivity index (χ3v) is 4.48. The molecule has 6 heteroatoms. The minimum absolute atomic E-state index is 0.0775. The molecule has 2 atom stereocenters. The zero-order valence-corrected chi connectivity index (χ0v) is 12.6. The number of nitrogens with zero attached hydrogens (tertiary/aromatic N) is 2. The summed E-state index contributed by atoms with van der Waals surface area (Å²) in [7, 11) is 0. The van der Waals surface area contributed by atoms with Crippen LogP contribution >= 0.6 is 0 Å². The lowest BCUT2D eigenvalue weighted by Gasteiger charge is -2.17. The van der Waals surface area contributed by atoms with Gasteiger partial charge < -0.3 is 14.7 Å². The quantitative estimate of drug-likeness (QED) is 0.895. The second-order valence-electron chi connectivity index (χ2n) is 5.95. The number of carboxylic acid groups (broad SMARTS) is 1. The van der Waals surface area contributed by atoms with Crippen molar-refractivity contribution in [1.82, 2.24) is 9.88 Å². The normalized spacial score (nSPS) is 24.3. The van der Waals surface area contributed by atoms with Crippen LogP contribution in [-0.4, -0.2) is 46.6 Å². The number of amides is 1. The summed E-state index contributed by atoms with van der Waals surface area (Å²) in [5, 5.41) is 9.39. The molecule has 3 rings (SSSR count). The summed E-state index contributed by atoms with van der Waals surface area (Å²) >= 11 is 0. The molecule has 1 aromatic rings. The van der Waals surface area contributed by atoms with E-state index >= 15 is 0 Å². The second kappa shape index (κ2) is 5.94. The first kappa shape index (κ1) is 14.8. The number of likely N-dealkylation sites (tertiary alicyclic amines) is 1. The van der Waals surface area contributed by atoms with Crippen LogP contribution < -0.4 is 4.74 Å². The largest absolute Gasteiger partial charge is 0.481 e. The van der Waals surface area contributed by atoms with Gasteiger partial charge in [-0.25, -0.2) is 4.98 Å². The number of carbonyl (C=O) groups is 2. The Labute approximate surface area is 129 Å². The number of carboxylic acids is 1. The van der Waals surface area contributed by atoms with Crippen LogP contribution in [0.15, 0.2) is 18.3 Å². The van der Waals surface area contributed by atoms with Crippen molar-refractivity contribution in [1.29, 1.82) is 0 Å². The number of carbonyl (C=O) groups excluding carboxylic acids is 1. The van der Waals surface area contributed by atoms with Gasteiger partial charge in [-0.2, -0.15) is 0 Å². The highest BCUT2D eigenvalue weighted by atomic mass is 16.5. The topological polar surface area (TPSA) is 79.7 Å². The predicted molar refractivity (Wildman–Crippen MR) is 78.6 cm³/mol. The number of hydrogen-bond acceptors (Lipinski definition) is 4. The van der Waals surface area contributed by atoms with Crippen molar-refractivity contribution in [2.24, 2.45) is 17.8 Å². The third-order valence-electron chi connectivity index (χ3n) is 4.48. The molecular formula is C16H20N2O4. The van der Waals surface area contributed by atoms with Gasteiger partial charge in [0.25, 0.3) is 5.91 Å². The van der Waals surface area contributed by atoms with E-state index in [0.29, 0.717) is 30.5 Å². The van der Waals surface area contributed by atoms with Crippen molar-refractivity contribution in [3.8, 4) is 5.88 Å². The van der Waals surface area contributed by atoms with Crippen LogP contribution in [-0.2, 0) is 4.79 Å². The minimum atomic E-state index is -0.802. The van der Waals surface area contributed by atoms with Gasteiger partial charge in [-0.1, -0.05) is 0 Å². The SMILES string of the molecule is CCOc1ncccc1C(=O)N1C[C@H](C(=O)O)[C@@H](C2CC2)C1. The van der Waals surface area contributed by atoms with Gasteiger partial charge in [-0.05, 0) is 43.7 Å². The van der Waals surface area contributed by atoms with Crippen LogP contribution in [0, 0.1) is 17.8 Å². The Morgan fingerprint density at radius 1 is 1.41 bits per heavy atom. The molecule has 2 heterocycles. The summed E-state index contributed by atoms with van der Waals surface area (Å²) in [5.74, 6) is -0.595. The summed E-state index contributed by atoms with van der Waals surface area (Å²) in [6.07, 6.45) is 3.74. The molecule has 0 unspecified atom stereocenters. The second-order valence-corrected chi connectivity index (χ2v) is 5.95. The summed E-state index contributed by atoms with van der Waals surface area (Å²) in [6.45, 7) is 3.05. The smallest absolute Gasteiger partial charge is 0.308 e. The van der Waals surface area contributed by atoms with Gasteiger partial charge in [-0.3, -0.25) is 9.59 Å². The Hall–Kier alpha value is -2.11. The first-order valence-corrected chi connectivity index (χ1v) is 7.71. The molecule has 2 fully saturated rings. The Kier molecular flexibility index (Phi) is 4.00. The molecule has 0 aromatic carbocycles. The fraction of sp³-hybridized carbons (Fsp3) is 0.562. The van der Waals surface area contributed by atoms with Crippen LogP contribution in [0.25, 0.3) is 0 Å². The van der Waals surface area contributed by atoms with Gasteiger partial charge >= 0.3 is 5.97 Å². The molecule has 118 valence electrons. The van der Waals surface area contributed by atoms with Gasteiger partial charge in [0.2, 0.25) is 5.88 Å². The van der Waals surface area contributed by atoms with E-state index in [1.807, 2.05) is 6.92 Å². The molecule has 2 aliphatic rings. The maximum absolute atomic E-state index is 12.7. The molecule has 1 aliphatic carbocycles. The number of ether oxygens (including phenoxy) is 1. The number of aliphatic carboxylic acids is 1. The van der Waals surface area contributed by atoms with Crippen molar-refractivity contribution in [2.75, 3.05) is 19.7 Å². The predicted octanol–water partition coefficient (Wildman–Crippen LogP) is 1.66. The van der Waals surface area contributed by atoms with Crippen LogP contribution in [0.5, 0.6) is 5.88 Å². The number of hydrogen-bond donors (Lipinski definition) is 1. The van der Waals surface area contributed by atoms with Gasteiger partial charge in [0.05, 0.1) is 12.5 Å². The molecule has 0 spiro atoms. The van der Waals surface area contributed by atoms with E-state index in [0.717, 1.165) is 12.8 Å². The highest BCUT2D eigenvalue weighted by Crippen LogP contribution is 2.44. The van der Waals surface area contributed by atoms with E-state index in [9.17, 15) is 14.7 Å². The lowest BCUT2D eigenvalue weighted by atomic mass is 9.92. The summed E-state index contributed by atoms with van der Waals surface area (Å²) in [4.78, 5) is 29.9. The van der Waals surface area contributed by atoms with Crippen molar-refractivity contribution in [3.63, 3.8) is 0 Å². The Balaban J connectivity index is 1.79. The fourth-order valence-electron chi connectivity index (χ4n) is 3.23. The van der Waals surface area contributed by atoms with E-state index in [1.54, 1.807) is 23.2 Å².